The molecule has 0 bridgehead atoms. The summed E-state index contributed by atoms with van der Waals surface area (Å²) in [5.74, 6) is 8.93. The van der Waals surface area contributed by atoms with E-state index >= 15 is 0 Å². The topological polar surface area (TPSA) is 421 Å². The monoisotopic (exact) mass is 1650 g/mol. The lowest BCUT2D eigenvalue weighted by Gasteiger charge is -2.22. The van der Waals surface area contributed by atoms with Crippen LogP contribution in [0.1, 0.15) is 157 Å². The number of fused-ring (bicyclic) bond motifs is 4. The summed E-state index contributed by atoms with van der Waals surface area (Å²) in [7, 11) is 7.12. The van der Waals surface area contributed by atoms with Crippen molar-refractivity contribution < 1.29 is 37.5 Å². The quantitative estimate of drug-likeness (QED) is 0.0267. The van der Waals surface area contributed by atoms with Crippen molar-refractivity contribution in [2.45, 2.75) is 146 Å². The van der Waals surface area contributed by atoms with Crippen molar-refractivity contribution in [2.75, 3.05) is 125 Å². The third-order valence-electron chi connectivity index (χ3n) is 21.5. The summed E-state index contributed by atoms with van der Waals surface area (Å²) in [5.41, 5.74) is 4.11. The van der Waals surface area contributed by atoms with Gasteiger partial charge in [0.15, 0.2) is 22.6 Å². The molecule has 0 radical (unpaired) electrons. The van der Waals surface area contributed by atoms with E-state index < -0.39 is 30.3 Å². The van der Waals surface area contributed by atoms with Gasteiger partial charge in [-0.05, 0) is 126 Å². The second-order valence-corrected chi connectivity index (χ2v) is 30.4. The minimum Gasteiger partial charge on any atom is -0.373 e. The third-order valence-corrected chi connectivity index (χ3v) is 21.5. The van der Waals surface area contributed by atoms with E-state index in [2.05, 4.69) is 119 Å². The molecular formula is C82H97F2N31O6. The summed E-state index contributed by atoms with van der Waals surface area (Å²) in [5, 5.41) is 53.7. The zero-order valence-corrected chi connectivity index (χ0v) is 66.6. The molecule has 5 amide bonds. The van der Waals surface area contributed by atoms with E-state index in [1.807, 2.05) is 86.9 Å². The molecule has 4 saturated carbocycles. The van der Waals surface area contributed by atoms with E-state index in [4.69, 9.17) is 19.7 Å². The van der Waals surface area contributed by atoms with Crippen molar-refractivity contribution in [2.24, 2.45) is 0 Å². The Morgan fingerprint density at radius 1 is 0.397 bits per heavy atom. The Kier molecular flexibility index (Phi) is 24.0. The van der Waals surface area contributed by atoms with Crippen molar-refractivity contribution >= 4 is 139 Å². The Morgan fingerprint density at radius 3 is 1.07 bits per heavy atom. The normalized spacial score (nSPS) is 18.8. The average molecular weight is 1650 g/mol. The van der Waals surface area contributed by atoms with Gasteiger partial charge in [0, 0.05) is 123 Å². The van der Waals surface area contributed by atoms with Crippen LogP contribution in [-0.2, 0) is 9.53 Å². The summed E-state index contributed by atoms with van der Waals surface area (Å²) in [6.07, 6.45) is 18.2. The highest BCUT2D eigenvalue weighted by Crippen LogP contribution is 2.34. The molecule has 37 nitrogen and oxygen atoms in total. The summed E-state index contributed by atoms with van der Waals surface area (Å²) < 4.78 is 38.5. The van der Waals surface area contributed by atoms with Gasteiger partial charge in [0.1, 0.15) is 122 Å². The number of halogens is 2. The van der Waals surface area contributed by atoms with Crippen molar-refractivity contribution in [3.63, 3.8) is 0 Å². The van der Waals surface area contributed by atoms with Gasteiger partial charge in [-0.2, -0.15) is 38.5 Å². The zero-order chi connectivity index (χ0) is 82.5. The highest BCUT2D eigenvalue weighted by atomic mass is 19.1. The van der Waals surface area contributed by atoms with Gasteiger partial charge in [-0.25, -0.2) is 48.7 Å². The predicted octanol–water partition coefficient (Wildman–Crippen LogP) is 10.3. The number of alkyl halides is 2. The fourth-order valence-electron chi connectivity index (χ4n) is 14.5. The second-order valence-electron chi connectivity index (χ2n) is 30.4. The van der Waals surface area contributed by atoms with E-state index in [0.717, 1.165) is 119 Å². The predicted molar refractivity (Wildman–Crippen MR) is 456 cm³/mol. The number of hydrogen-bond acceptors (Lipinski definition) is 28. The molecule has 39 heteroatoms. The van der Waals surface area contributed by atoms with Crippen LogP contribution in [0.5, 0.6) is 0 Å². The van der Waals surface area contributed by atoms with Gasteiger partial charge in [-0.15, -0.1) is 0 Å². The molecule has 8 aliphatic rings. The number of rotatable bonds is 24. The number of nitrogens with one attached hydrogen (secondary N) is 12. The lowest BCUT2D eigenvalue weighted by Crippen LogP contribution is -2.27. The van der Waals surface area contributed by atoms with E-state index in [0.29, 0.717) is 123 Å². The number of hydrogen-bond donors (Lipinski definition) is 12. The minimum absolute atomic E-state index is 0. The molecule has 12 aromatic rings. The molecule has 4 saturated heterocycles. The molecule has 4 aliphatic heterocycles. The van der Waals surface area contributed by atoms with Gasteiger partial charge in [0.25, 0.3) is 23.6 Å². The van der Waals surface area contributed by atoms with Crippen LogP contribution in [0.15, 0.2) is 122 Å². The van der Waals surface area contributed by atoms with Crippen LogP contribution in [0.3, 0.4) is 0 Å². The lowest BCUT2D eigenvalue weighted by atomic mass is 10.1. The highest BCUT2D eigenvalue weighted by Gasteiger charge is 2.41. The number of amides is 5. The van der Waals surface area contributed by atoms with Crippen molar-refractivity contribution in [3.05, 3.63) is 150 Å². The Bertz CT molecular complexity index is 5790. The summed E-state index contributed by atoms with van der Waals surface area (Å²) in [4.78, 5) is 106. The number of carbonyl (C=O) groups excluding carboxylic acids is 5. The Labute approximate surface area is 694 Å². The van der Waals surface area contributed by atoms with Crippen molar-refractivity contribution in [1.29, 1.82) is 0 Å². The van der Waals surface area contributed by atoms with E-state index in [1.165, 1.54) is 42.6 Å². The first-order valence-corrected chi connectivity index (χ1v) is 40.7. The molecule has 121 heavy (non-hydrogen) atoms. The van der Waals surface area contributed by atoms with E-state index in [-0.39, 0.29) is 54.8 Å². The smallest absolute Gasteiger partial charge is 0.257 e. The summed E-state index contributed by atoms with van der Waals surface area (Å²) in [6.45, 7) is 5.54. The molecule has 12 aromatic heterocycles. The first-order valence-electron chi connectivity index (χ1n) is 40.7. The van der Waals surface area contributed by atoms with Gasteiger partial charge in [-0.3, -0.25) is 28.9 Å². The number of ether oxygens (including phenoxy) is 1. The van der Waals surface area contributed by atoms with E-state index in [1.54, 1.807) is 69.2 Å². The zero-order valence-electron chi connectivity index (χ0n) is 66.6. The summed E-state index contributed by atoms with van der Waals surface area (Å²) in [6, 6.07) is 29.9. The molecule has 4 aliphatic carbocycles. The molecule has 630 valence electrons. The molecular weight excluding hydrogens is 1550 g/mol. The van der Waals surface area contributed by atoms with Gasteiger partial charge in [0.2, 0.25) is 5.91 Å². The van der Waals surface area contributed by atoms with Crippen LogP contribution in [0.2, 0.25) is 0 Å². The van der Waals surface area contributed by atoms with Crippen molar-refractivity contribution in [3.8, 4) is 0 Å². The molecule has 1 unspecified atom stereocenters. The first-order chi connectivity index (χ1) is 58.6. The second kappa shape index (κ2) is 35.8. The number of anilines is 15. The SMILES string of the molecule is C.CNc1cc(Nc2cccc(C3CCCCO3)n2)nc2c(C(=O)NC3CC3)cnn12.CNc1cc(Nc2cccc(N3CCCC3)n2)nc2c(C(=O)NC3CC3)cnn12.CNc1cc(Nc2cccc(N3CCCC3)n2)nc2c(C(=O)N[C@H]3C[C@H]3F)cnn12.CNc1cc(Nc2cccc(N3CCCC3=O)n2)nc2c(C(=O)N[C@H]3C[C@H]3F)cnn12. The van der Waals surface area contributed by atoms with Crippen LogP contribution in [0.4, 0.5) is 96.0 Å². The molecule has 20 rings (SSSR count). The van der Waals surface area contributed by atoms with Gasteiger partial charge in [0.05, 0.1) is 48.7 Å². The van der Waals surface area contributed by atoms with Crippen LogP contribution in [0, 0.1) is 0 Å². The molecule has 0 spiro atoms. The largest absolute Gasteiger partial charge is 0.373 e. The van der Waals surface area contributed by atoms with Gasteiger partial charge >= 0.3 is 0 Å². The number of carbonyl (C=O) groups is 5. The number of aromatic nitrogens is 16. The fourth-order valence-corrected chi connectivity index (χ4v) is 14.5. The molecule has 12 N–H and O–H groups in total. The molecule has 0 aromatic carbocycles. The number of pyridine rings is 4. The first kappa shape index (κ1) is 81.0. The maximum Gasteiger partial charge on any atom is 0.257 e. The third kappa shape index (κ3) is 18.7. The molecule has 8 fully saturated rings. The standard InChI is InChI=1S/C21H25N7O2.C20H21FN8O2.C20H23FN8O.C20H24N8O.CH4/c1-22-19-11-18(26-17-7-4-5-15(25-17)16-6-2-3-10-30-16)27-20-14(12-23-28(19)20)21(29)24-13-8-9-13;1-22-17-9-15(25-14-4-2-5-16(26-14)28-7-3-6-18(28)30)27-19-11(10-23-29(17)19)20(31)24-13-8-12(13)21;1-22-18-10-16(25-15-5-4-6-17(26-15)28-7-2-3-8-28)27-19-12(11-23-29(18)19)20(30)24-14-9-13(14)21;1-21-18-11-16(24-15-5-4-6-17(25-15)27-9-2-3-10-27)26-19-14(12-22-28(18)19)20(29)23-13-7-8-13;/h4-5,7,11-13,16,22H,2-3,6,8-10H2,1H3,(H,24,29)(H,25,26,27);2,4-5,9-10,12-13,22H,3,6-8H2,1H3,(H,24,31)(H,25,26,27);4-6,10-11,13-14,22H,2-3,7-9H2,1H3,(H,24,30)(H,25,26,27);4-6,11-13,21H,2-3,7-10H2,1H3,(H,23,29)(H,24,25,26);1H4/t;12-,13+;13-,14+;;/m.11../s1. The maximum absolute atomic E-state index is 13.2. The van der Waals surface area contributed by atoms with Crippen LogP contribution >= 0.6 is 0 Å². The van der Waals surface area contributed by atoms with Crippen molar-refractivity contribution in [1.82, 2.24) is 99.6 Å². The Hall–Kier alpha value is -13.8. The fraction of sp³-hybridized carbons (Fsp3) is 0.402. The van der Waals surface area contributed by atoms with Gasteiger partial charge < -0.3 is 78.3 Å². The lowest BCUT2D eigenvalue weighted by molar-refractivity contribution is -0.117. The number of nitrogens with zero attached hydrogens (tertiary/aromatic N) is 19. The average Bonchev–Trinajstić information content (AvgIpc) is 1.63. The van der Waals surface area contributed by atoms with E-state index in [9.17, 15) is 32.8 Å². The van der Waals surface area contributed by atoms with Gasteiger partial charge in [-0.1, -0.05) is 31.7 Å². The minimum atomic E-state index is -0.996. The van der Waals surface area contributed by atoms with Crippen LogP contribution in [-0.4, -0.2) is 212 Å². The highest BCUT2D eigenvalue weighted by molar-refractivity contribution is 6.03. The summed E-state index contributed by atoms with van der Waals surface area (Å²) >= 11 is 0. The van der Waals surface area contributed by atoms with Crippen LogP contribution in [0.25, 0.3) is 22.6 Å². The molecule has 16 heterocycles. The van der Waals surface area contributed by atoms with Crippen LogP contribution < -0.4 is 78.5 Å². The Balaban J connectivity index is 0.000000120. The molecule has 5 atom stereocenters. The Morgan fingerprint density at radius 2 is 0.744 bits per heavy atom. The maximum atomic E-state index is 13.2.